The predicted octanol–water partition coefficient (Wildman–Crippen LogP) is 3.61. The van der Waals surface area contributed by atoms with Gasteiger partial charge < -0.3 is 0 Å². The van der Waals surface area contributed by atoms with Crippen molar-refractivity contribution in [3.8, 4) is 6.07 Å². The summed E-state index contributed by atoms with van der Waals surface area (Å²) in [7, 11) is 0. The molecule has 1 aromatic carbocycles. The van der Waals surface area contributed by atoms with Crippen LogP contribution in [0.2, 0.25) is 0 Å². The monoisotopic (exact) mass is 283 g/mol. The molecule has 0 aliphatic rings. The van der Waals surface area contributed by atoms with E-state index < -0.39 is 0 Å². The second-order valence-corrected chi connectivity index (χ2v) is 3.78. The average Bonchev–Trinajstić information content (AvgIpc) is 2.16. The van der Waals surface area contributed by atoms with Crippen LogP contribution in [0.3, 0.4) is 0 Å². The van der Waals surface area contributed by atoms with Crippen LogP contribution in [0.1, 0.15) is 18.9 Å². The Labute approximate surface area is 92.2 Å². The SMILES string of the molecule is CC/C=C(/C#N)c1ccccc1I. The van der Waals surface area contributed by atoms with E-state index in [2.05, 4.69) is 28.7 Å². The standard InChI is InChI=1S/C11H10IN/c1-2-5-9(8-13)10-6-3-4-7-11(10)12/h3-7H,2H2,1H3/b9-5-. The van der Waals surface area contributed by atoms with Gasteiger partial charge in [-0.15, -0.1) is 0 Å². The highest BCUT2D eigenvalue weighted by atomic mass is 127. The zero-order valence-corrected chi connectivity index (χ0v) is 9.58. The molecule has 0 saturated heterocycles. The second-order valence-electron chi connectivity index (χ2n) is 2.62. The quantitative estimate of drug-likeness (QED) is 0.601. The molecule has 0 aromatic heterocycles. The fraction of sp³-hybridized carbons (Fsp3) is 0.182. The Kier molecular flexibility index (Phi) is 3.97. The van der Waals surface area contributed by atoms with Crippen molar-refractivity contribution < 1.29 is 0 Å². The number of nitriles is 1. The topological polar surface area (TPSA) is 23.8 Å². The van der Waals surface area contributed by atoms with E-state index in [9.17, 15) is 0 Å². The van der Waals surface area contributed by atoms with Gasteiger partial charge in [0, 0.05) is 9.13 Å². The van der Waals surface area contributed by atoms with Crippen LogP contribution in [-0.2, 0) is 0 Å². The molecule has 13 heavy (non-hydrogen) atoms. The Morgan fingerprint density at radius 1 is 1.54 bits per heavy atom. The van der Waals surface area contributed by atoms with Crippen LogP contribution in [0, 0.1) is 14.9 Å². The van der Waals surface area contributed by atoms with Gasteiger partial charge in [-0.25, -0.2) is 0 Å². The first-order valence-corrected chi connectivity index (χ1v) is 5.22. The van der Waals surface area contributed by atoms with Crippen molar-refractivity contribution >= 4 is 28.2 Å². The van der Waals surface area contributed by atoms with E-state index in [-0.39, 0.29) is 0 Å². The average molecular weight is 283 g/mol. The van der Waals surface area contributed by atoms with E-state index in [1.807, 2.05) is 37.3 Å². The van der Waals surface area contributed by atoms with Crippen molar-refractivity contribution in [3.63, 3.8) is 0 Å². The van der Waals surface area contributed by atoms with Gasteiger partial charge in [0.05, 0.1) is 11.6 Å². The summed E-state index contributed by atoms with van der Waals surface area (Å²) >= 11 is 2.25. The predicted molar refractivity (Wildman–Crippen MR) is 63.0 cm³/mol. The van der Waals surface area contributed by atoms with Crippen molar-refractivity contribution in [1.29, 1.82) is 5.26 Å². The Bertz CT molecular complexity index is 361. The fourth-order valence-electron chi connectivity index (χ4n) is 1.10. The fourth-order valence-corrected chi connectivity index (χ4v) is 1.78. The summed E-state index contributed by atoms with van der Waals surface area (Å²) in [5.74, 6) is 0. The molecule has 0 amide bonds. The van der Waals surface area contributed by atoms with E-state index in [0.717, 1.165) is 21.1 Å². The van der Waals surface area contributed by atoms with Crippen LogP contribution in [0.5, 0.6) is 0 Å². The molecule has 0 aliphatic carbocycles. The number of allylic oxidation sites excluding steroid dienone is 2. The largest absolute Gasteiger partial charge is 0.192 e. The highest BCUT2D eigenvalue weighted by Crippen LogP contribution is 2.20. The third-order valence-corrected chi connectivity index (χ3v) is 2.63. The molecule has 0 aliphatic heterocycles. The van der Waals surface area contributed by atoms with E-state index in [4.69, 9.17) is 5.26 Å². The van der Waals surface area contributed by atoms with Crippen molar-refractivity contribution in [2.75, 3.05) is 0 Å². The highest BCUT2D eigenvalue weighted by Gasteiger charge is 2.02. The lowest BCUT2D eigenvalue weighted by Crippen LogP contribution is -1.85. The third-order valence-electron chi connectivity index (χ3n) is 1.69. The smallest absolute Gasteiger partial charge is 0.0994 e. The number of hydrogen-bond acceptors (Lipinski definition) is 1. The van der Waals surface area contributed by atoms with Crippen LogP contribution in [0.15, 0.2) is 30.3 Å². The molecule has 0 heterocycles. The Morgan fingerprint density at radius 3 is 2.77 bits per heavy atom. The van der Waals surface area contributed by atoms with Crippen molar-refractivity contribution in [2.24, 2.45) is 0 Å². The summed E-state index contributed by atoms with van der Waals surface area (Å²) in [4.78, 5) is 0. The van der Waals surface area contributed by atoms with Gasteiger partial charge in [-0.1, -0.05) is 31.2 Å². The molecule has 0 N–H and O–H groups in total. The van der Waals surface area contributed by atoms with Gasteiger partial charge >= 0.3 is 0 Å². The first-order chi connectivity index (χ1) is 6.29. The molecule has 0 fully saturated rings. The summed E-state index contributed by atoms with van der Waals surface area (Å²) in [6.07, 6.45) is 2.85. The first kappa shape index (κ1) is 10.3. The van der Waals surface area contributed by atoms with Crippen molar-refractivity contribution in [2.45, 2.75) is 13.3 Å². The highest BCUT2D eigenvalue weighted by molar-refractivity contribution is 14.1. The van der Waals surface area contributed by atoms with Gasteiger partial charge in [0.25, 0.3) is 0 Å². The minimum absolute atomic E-state index is 0.771. The lowest BCUT2D eigenvalue weighted by atomic mass is 10.1. The van der Waals surface area contributed by atoms with Gasteiger partial charge in [0.1, 0.15) is 0 Å². The van der Waals surface area contributed by atoms with Gasteiger partial charge in [-0.2, -0.15) is 5.26 Å². The molecule has 66 valence electrons. The van der Waals surface area contributed by atoms with E-state index in [0.29, 0.717) is 0 Å². The summed E-state index contributed by atoms with van der Waals surface area (Å²) in [5, 5.41) is 8.91. The molecule has 0 unspecified atom stereocenters. The molecule has 0 spiro atoms. The third kappa shape index (κ3) is 2.56. The number of nitrogens with zero attached hydrogens (tertiary/aromatic N) is 1. The Hall–Kier alpha value is -0.820. The zero-order chi connectivity index (χ0) is 9.68. The maximum Gasteiger partial charge on any atom is 0.0994 e. The molecule has 1 rings (SSSR count). The molecule has 1 nitrogen and oxygen atoms in total. The number of benzene rings is 1. The lowest BCUT2D eigenvalue weighted by molar-refractivity contribution is 1.23. The number of hydrogen-bond donors (Lipinski definition) is 0. The van der Waals surface area contributed by atoms with E-state index in [1.54, 1.807) is 0 Å². The maximum atomic E-state index is 8.91. The number of halogens is 1. The summed E-state index contributed by atoms with van der Waals surface area (Å²) in [6.45, 7) is 2.03. The molecule has 0 radical (unpaired) electrons. The van der Waals surface area contributed by atoms with Gasteiger partial charge in [-0.3, -0.25) is 0 Å². The molecule has 2 heteroatoms. The van der Waals surface area contributed by atoms with Crippen LogP contribution in [0.4, 0.5) is 0 Å². The van der Waals surface area contributed by atoms with Crippen molar-refractivity contribution in [1.82, 2.24) is 0 Å². The van der Waals surface area contributed by atoms with Crippen LogP contribution in [-0.4, -0.2) is 0 Å². The molecular weight excluding hydrogens is 273 g/mol. The molecule has 0 saturated carbocycles. The Balaban J connectivity index is 3.14. The van der Waals surface area contributed by atoms with E-state index in [1.165, 1.54) is 0 Å². The van der Waals surface area contributed by atoms with Gasteiger partial charge in [0.2, 0.25) is 0 Å². The lowest BCUT2D eigenvalue weighted by Gasteiger charge is -2.00. The van der Waals surface area contributed by atoms with Crippen molar-refractivity contribution in [3.05, 3.63) is 39.5 Å². The van der Waals surface area contributed by atoms with Crippen LogP contribution >= 0.6 is 22.6 Å². The van der Waals surface area contributed by atoms with Crippen LogP contribution < -0.4 is 0 Å². The second kappa shape index (κ2) is 5.03. The van der Waals surface area contributed by atoms with Gasteiger partial charge in [0.15, 0.2) is 0 Å². The minimum atomic E-state index is 0.771. The Morgan fingerprint density at radius 2 is 2.23 bits per heavy atom. The molecule has 0 atom stereocenters. The molecule has 1 aromatic rings. The zero-order valence-electron chi connectivity index (χ0n) is 7.42. The minimum Gasteiger partial charge on any atom is -0.192 e. The van der Waals surface area contributed by atoms with Crippen LogP contribution in [0.25, 0.3) is 5.57 Å². The number of rotatable bonds is 2. The first-order valence-electron chi connectivity index (χ1n) is 4.14. The summed E-state index contributed by atoms with van der Waals surface area (Å²) in [5.41, 5.74) is 1.81. The summed E-state index contributed by atoms with van der Waals surface area (Å²) < 4.78 is 1.13. The summed E-state index contributed by atoms with van der Waals surface area (Å²) in [6, 6.07) is 10.1. The molecule has 0 bridgehead atoms. The van der Waals surface area contributed by atoms with E-state index >= 15 is 0 Å². The molecular formula is C11H10IN. The normalized spacial score (nSPS) is 11.0. The van der Waals surface area contributed by atoms with Gasteiger partial charge in [-0.05, 0) is 35.1 Å². The maximum absolute atomic E-state index is 8.91.